The SMILES string of the molecule is [B]c1cc(C(=O)N(C)CCN(C)C)ccc1-n1nc(-c2cccnc2)c2c1-c1sc(NC(=O)OC)nc1CC2. The van der Waals surface area contributed by atoms with E-state index in [2.05, 4.69) is 15.3 Å². The number of hydrogen-bond donors (Lipinski definition) is 1. The van der Waals surface area contributed by atoms with Crippen LogP contribution in [0.4, 0.5) is 9.93 Å². The van der Waals surface area contributed by atoms with Crippen LogP contribution in [0.1, 0.15) is 21.6 Å². The number of anilines is 1. The van der Waals surface area contributed by atoms with Gasteiger partial charge in [0.1, 0.15) is 7.85 Å². The quantitative estimate of drug-likeness (QED) is 0.359. The van der Waals surface area contributed by atoms with Crippen molar-refractivity contribution in [3.05, 3.63) is 59.5 Å². The molecule has 4 aromatic rings. The Labute approximate surface area is 232 Å². The predicted octanol–water partition coefficient (Wildman–Crippen LogP) is 2.76. The smallest absolute Gasteiger partial charge is 0.413 e. The van der Waals surface area contributed by atoms with E-state index in [1.165, 1.54) is 18.4 Å². The largest absolute Gasteiger partial charge is 0.453 e. The van der Waals surface area contributed by atoms with Crippen molar-refractivity contribution < 1.29 is 14.3 Å². The fraction of sp³-hybridized carbons (Fsp3) is 0.296. The number of amides is 2. The molecular weight excluding hydrogens is 513 g/mol. The first kappa shape index (κ1) is 26.6. The third-order valence-corrected chi connectivity index (χ3v) is 7.59. The van der Waals surface area contributed by atoms with Crippen molar-refractivity contribution in [3.8, 4) is 27.5 Å². The number of aryl methyl sites for hydroxylation is 1. The highest BCUT2D eigenvalue weighted by atomic mass is 32.1. The van der Waals surface area contributed by atoms with E-state index in [-0.39, 0.29) is 5.91 Å². The summed E-state index contributed by atoms with van der Waals surface area (Å²) >= 11 is 1.36. The van der Waals surface area contributed by atoms with Gasteiger partial charge < -0.3 is 14.5 Å². The van der Waals surface area contributed by atoms with Crippen molar-refractivity contribution >= 4 is 41.8 Å². The number of likely N-dealkylation sites (N-methyl/N-ethyl adjacent to an activating group) is 2. The summed E-state index contributed by atoms with van der Waals surface area (Å²) < 4.78 is 6.56. The molecule has 0 saturated carbocycles. The van der Waals surface area contributed by atoms with Crippen molar-refractivity contribution in [2.75, 3.05) is 46.7 Å². The Balaban J connectivity index is 1.59. The summed E-state index contributed by atoms with van der Waals surface area (Å²) in [4.78, 5) is 38.4. The zero-order chi connectivity index (χ0) is 27.7. The number of hydrogen-bond acceptors (Lipinski definition) is 8. The summed E-state index contributed by atoms with van der Waals surface area (Å²) in [7, 11) is 13.6. The monoisotopic (exact) mass is 541 g/mol. The Bertz CT molecular complexity index is 1530. The maximum absolute atomic E-state index is 13.0. The number of rotatable bonds is 7. The van der Waals surface area contributed by atoms with Crippen LogP contribution in [0.15, 0.2) is 42.7 Å². The van der Waals surface area contributed by atoms with Crippen LogP contribution in [-0.2, 0) is 17.6 Å². The third kappa shape index (κ3) is 5.30. The first-order valence-corrected chi connectivity index (χ1v) is 13.3. The molecule has 0 unspecified atom stereocenters. The molecule has 0 bridgehead atoms. The molecule has 0 atom stereocenters. The molecule has 0 saturated heterocycles. The highest BCUT2D eigenvalue weighted by Crippen LogP contribution is 2.43. The van der Waals surface area contributed by atoms with E-state index >= 15 is 0 Å². The number of thiazole rings is 1. The van der Waals surface area contributed by atoms with Gasteiger partial charge in [-0.05, 0) is 51.2 Å². The molecule has 10 nitrogen and oxygen atoms in total. The van der Waals surface area contributed by atoms with Crippen LogP contribution in [0.25, 0.3) is 27.5 Å². The van der Waals surface area contributed by atoms with Crippen molar-refractivity contribution in [1.29, 1.82) is 0 Å². The Hall–Kier alpha value is -4.03. The van der Waals surface area contributed by atoms with Gasteiger partial charge in [0, 0.05) is 49.2 Å². The summed E-state index contributed by atoms with van der Waals surface area (Å²) in [5.74, 6) is -0.100. The molecule has 5 rings (SSSR count). The number of nitrogens with one attached hydrogen (secondary N) is 1. The van der Waals surface area contributed by atoms with Gasteiger partial charge in [-0.1, -0.05) is 22.9 Å². The number of benzene rings is 1. The van der Waals surface area contributed by atoms with E-state index in [9.17, 15) is 9.59 Å². The maximum Gasteiger partial charge on any atom is 0.413 e. The van der Waals surface area contributed by atoms with Crippen LogP contribution in [0, 0.1) is 0 Å². The number of carbonyl (C=O) groups is 2. The Morgan fingerprint density at radius 1 is 1.18 bits per heavy atom. The molecule has 1 aliphatic carbocycles. The molecular formula is C27H28BN7O3S. The lowest BCUT2D eigenvalue weighted by Crippen LogP contribution is -2.34. The van der Waals surface area contributed by atoms with E-state index in [0.717, 1.165) is 39.6 Å². The second-order valence-corrected chi connectivity index (χ2v) is 10.5. The number of carbonyl (C=O) groups excluding carboxylic acids is 2. The van der Waals surface area contributed by atoms with E-state index in [1.807, 2.05) is 41.9 Å². The molecule has 1 aliphatic rings. The molecule has 12 heteroatoms. The molecule has 0 fully saturated rings. The minimum atomic E-state index is -0.578. The van der Waals surface area contributed by atoms with Gasteiger partial charge in [-0.2, -0.15) is 5.10 Å². The molecule has 2 radical (unpaired) electrons. The predicted molar refractivity (Wildman–Crippen MR) is 152 cm³/mol. The van der Waals surface area contributed by atoms with Crippen LogP contribution in [0.5, 0.6) is 0 Å². The topological polar surface area (TPSA) is 105 Å². The first-order valence-electron chi connectivity index (χ1n) is 12.4. The zero-order valence-corrected chi connectivity index (χ0v) is 23.1. The van der Waals surface area contributed by atoms with Gasteiger partial charge in [0.05, 0.1) is 34.8 Å². The summed E-state index contributed by atoms with van der Waals surface area (Å²) in [5, 5.41) is 8.12. The first-order chi connectivity index (χ1) is 18.8. The second-order valence-electron chi connectivity index (χ2n) is 9.54. The van der Waals surface area contributed by atoms with Gasteiger partial charge >= 0.3 is 6.09 Å². The molecule has 1 N–H and O–H groups in total. The van der Waals surface area contributed by atoms with E-state index in [0.29, 0.717) is 41.2 Å². The number of nitrogens with zero attached hydrogens (tertiary/aromatic N) is 6. The fourth-order valence-electron chi connectivity index (χ4n) is 4.52. The summed E-state index contributed by atoms with van der Waals surface area (Å²) in [6.07, 6.45) is 4.34. The zero-order valence-electron chi connectivity index (χ0n) is 22.3. The van der Waals surface area contributed by atoms with Gasteiger partial charge in [0.15, 0.2) is 5.13 Å². The number of fused-ring (bicyclic) bond motifs is 3. The van der Waals surface area contributed by atoms with Crippen LogP contribution in [0.3, 0.4) is 0 Å². The average Bonchev–Trinajstić information content (AvgIpc) is 3.52. The van der Waals surface area contributed by atoms with Gasteiger partial charge in [0.25, 0.3) is 5.91 Å². The lowest BCUT2D eigenvalue weighted by Gasteiger charge is -2.20. The number of ether oxygens (including phenoxy) is 1. The highest BCUT2D eigenvalue weighted by Gasteiger charge is 2.30. The Kier molecular flexibility index (Phi) is 7.49. The molecule has 3 heterocycles. The van der Waals surface area contributed by atoms with Crippen LogP contribution in [0.2, 0.25) is 0 Å². The van der Waals surface area contributed by atoms with E-state index in [1.54, 1.807) is 36.5 Å². The van der Waals surface area contributed by atoms with Gasteiger partial charge in [0.2, 0.25) is 0 Å². The van der Waals surface area contributed by atoms with Crippen molar-refractivity contribution in [2.24, 2.45) is 0 Å². The lowest BCUT2D eigenvalue weighted by molar-refractivity contribution is 0.0786. The molecule has 0 aliphatic heterocycles. The summed E-state index contributed by atoms with van der Waals surface area (Å²) in [5.41, 5.74) is 6.06. The summed E-state index contributed by atoms with van der Waals surface area (Å²) in [6, 6.07) is 9.15. The molecule has 1 aromatic carbocycles. The normalized spacial score (nSPS) is 12.1. The standard InChI is InChI=1S/C27H28BN7O3S/c1-33(2)12-13-34(3)25(36)16-7-10-21(19(28)14-16)35-23-18(22(32-35)17-6-5-11-29-15-17)8-9-20-24(23)39-26(30-20)31-27(37)38-4/h5-7,10-11,14-15H,8-9,12-13H2,1-4H3,(H,30,31,37). The minimum absolute atomic E-state index is 0.100. The van der Waals surface area contributed by atoms with Crippen LogP contribution >= 0.6 is 11.3 Å². The molecule has 2 amide bonds. The van der Waals surface area contributed by atoms with E-state index < -0.39 is 6.09 Å². The van der Waals surface area contributed by atoms with Crippen LogP contribution < -0.4 is 10.8 Å². The van der Waals surface area contributed by atoms with Crippen molar-refractivity contribution in [2.45, 2.75) is 12.8 Å². The Morgan fingerprint density at radius 3 is 2.69 bits per heavy atom. The lowest BCUT2D eigenvalue weighted by atomic mass is 9.91. The Morgan fingerprint density at radius 2 is 2.00 bits per heavy atom. The second kappa shape index (κ2) is 11.0. The van der Waals surface area contributed by atoms with Gasteiger partial charge in [-0.25, -0.2) is 14.5 Å². The van der Waals surface area contributed by atoms with Gasteiger partial charge in [-0.3, -0.25) is 15.1 Å². The molecule has 3 aromatic heterocycles. The maximum atomic E-state index is 13.0. The van der Waals surface area contributed by atoms with E-state index in [4.69, 9.17) is 17.7 Å². The highest BCUT2D eigenvalue weighted by molar-refractivity contribution is 7.19. The van der Waals surface area contributed by atoms with Crippen molar-refractivity contribution in [3.63, 3.8) is 0 Å². The average molecular weight is 541 g/mol. The number of methoxy groups -OCH3 is 1. The van der Waals surface area contributed by atoms with Crippen LogP contribution in [-0.4, -0.2) is 90.7 Å². The molecule has 198 valence electrons. The fourth-order valence-corrected chi connectivity index (χ4v) is 5.58. The minimum Gasteiger partial charge on any atom is -0.453 e. The summed E-state index contributed by atoms with van der Waals surface area (Å²) in [6.45, 7) is 1.36. The third-order valence-electron chi connectivity index (χ3n) is 6.57. The van der Waals surface area contributed by atoms with Crippen molar-refractivity contribution in [1.82, 2.24) is 29.5 Å². The van der Waals surface area contributed by atoms with Gasteiger partial charge in [-0.15, -0.1) is 0 Å². The molecule has 39 heavy (non-hydrogen) atoms. The molecule has 0 spiro atoms. The number of pyridine rings is 1. The number of aromatic nitrogens is 4.